The summed E-state index contributed by atoms with van der Waals surface area (Å²) in [5.41, 5.74) is 8.60. The molecule has 2 N–H and O–H groups in total. The molecule has 21 heavy (non-hydrogen) atoms. The highest BCUT2D eigenvalue weighted by Gasteiger charge is 2.30. The van der Waals surface area contributed by atoms with E-state index in [1.54, 1.807) is 0 Å². The first-order chi connectivity index (χ1) is 10.3. The molecule has 0 aliphatic carbocycles. The molecule has 3 unspecified atom stereocenters. The summed E-state index contributed by atoms with van der Waals surface area (Å²) in [6.45, 7) is 4.30. The lowest BCUT2D eigenvalue weighted by Gasteiger charge is -2.40. The van der Waals surface area contributed by atoms with Gasteiger partial charge in [0.1, 0.15) is 0 Å². The molecule has 1 fully saturated rings. The Kier molecular flexibility index (Phi) is 4.32. The van der Waals surface area contributed by atoms with E-state index in [1.807, 2.05) is 12.3 Å². The van der Waals surface area contributed by atoms with E-state index >= 15 is 0 Å². The summed E-state index contributed by atoms with van der Waals surface area (Å²) in [5.74, 6) is 0.522. The normalized spacial score (nSPS) is 24.7. The predicted molar refractivity (Wildman–Crippen MR) is 85.9 cm³/mol. The zero-order valence-corrected chi connectivity index (χ0v) is 12.5. The molecular weight excluding hydrogens is 258 g/mol. The largest absolute Gasteiger partial charge is 0.327 e. The lowest BCUT2D eigenvalue weighted by Crippen LogP contribution is -2.47. The van der Waals surface area contributed by atoms with Crippen LogP contribution in [0.5, 0.6) is 0 Å². The Morgan fingerprint density at radius 1 is 1.14 bits per heavy atom. The average Bonchev–Trinajstić information content (AvgIpc) is 2.53. The summed E-state index contributed by atoms with van der Waals surface area (Å²) in [5, 5.41) is 0. The molecule has 110 valence electrons. The number of piperidine rings is 1. The van der Waals surface area contributed by atoms with Crippen LogP contribution >= 0.6 is 0 Å². The van der Waals surface area contributed by atoms with Gasteiger partial charge >= 0.3 is 0 Å². The van der Waals surface area contributed by atoms with E-state index in [0.717, 1.165) is 25.2 Å². The maximum atomic E-state index is 6.18. The summed E-state index contributed by atoms with van der Waals surface area (Å²) < 4.78 is 0. The number of benzene rings is 1. The van der Waals surface area contributed by atoms with Gasteiger partial charge in [-0.15, -0.1) is 0 Å². The Labute approximate surface area is 126 Å². The Morgan fingerprint density at radius 2 is 1.90 bits per heavy atom. The zero-order chi connectivity index (χ0) is 14.7. The third-order valence-corrected chi connectivity index (χ3v) is 4.45. The van der Waals surface area contributed by atoms with Crippen LogP contribution in [0, 0.1) is 5.92 Å². The van der Waals surface area contributed by atoms with Gasteiger partial charge in [-0.3, -0.25) is 9.88 Å². The minimum atomic E-state index is 0.224. The third kappa shape index (κ3) is 3.14. The standard InChI is InChI=1S/C18H23N3/c1-14-13-21(12-10-16(14)19)18(15-7-3-2-4-8-15)17-9-5-6-11-20-17/h2-9,11,14,16,18H,10,12-13,19H2,1H3. The van der Waals surface area contributed by atoms with Gasteiger partial charge in [0.05, 0.1) is 11.7 Å². The fraction of sp³-hybridized carbons (Fsp3) is 0.389. The molecular formula is C18H23N3. The van der Waals surface area contributed by atoms with Gasteiger partial charge in [-0.1, -0.05) is 43.3 Å². The molecule has 1 saturated heterocycles. The van der Waals surface area contributed by atoms with Gasteiger partial charge in [0, 0.05) is 25.3 Å². The van der Waals surface area contributed by atoms with E-state index in [9.17, 15) is 0 Å². The van der Waals surface area contributed by atoms with Gasteiger partial charge in [0.25, 0.3) is 0 Å². The summed E-state index contributed by atoms with van der Waals surface area (Å²) in [6, 6.07) is 17.4. The van der Waals surface area contributed by atoms with Crippen molar-refractivity contribution in [2.24, 2.45) is 11.7 Å². The molecule has 0 bridgehead atoms. The maximum Gasteiger partial charge on any atom is 0.0776 e. The van der Waals surface area contributed by atoms with Crippen LogP contribution in [0.3, 0.4) is 0 Å². The Morgan fingerprint density at radius 3 is 2.57 bits per heavy atom. The van der Waals surface area contributed by atoms with E-state index in [1.165, 1.54) is 5.56 Å². The van der Waals surface area contributed by atoms with Gasteiger partial charge in [0.15, 0.2) is 0 Å². The first-order valence-electron chi connectivity index (χ1n) is 7.71. The number of aromatic nitrogens is 1. The van der Waals surface area contributed by atoms with Gasteiger partial charge in [-0.2, -0.15) is 0 Å². The molecule has 1 aliphatic rings. The topological polar surface area (TPSA) is 42.2 Å². The van der Waals surface area contributed by atoms with Crippen LogP contribution in [0.4, 0.5) is 0 Å². The van der Waals surface area contributed by atoms with Crippen molar-refractivity contribution in [2.75, 3.05) is 13.1 Å². The zero-order valence-electron chi connectivity index (χ0n) is 12.5. The third-order valence-electron chi connectivity index (χ3n) is 4.45. The van der Waals surface area contributed by atoms with Crippen LogP contribution in [0.1, 0.15) is 30.6 Å². The monoisotopic (exact) mass is 281 g/mol. The van der Waals surface area contributed by atoms with Crippen LogP contribution in [0.25, 0.3) is 0 Å². The summed E-state index contributed by atoms with van der Waals surface area (Å²) in [7, 11) is 0. The van der Waals surface area contributed by atoms with Gasteiger partial charge in [0.2, 0.25) is 0 Å². The molecule has 1 aromatic heterocycles. The molecule has 2 heterocycles. The van der Waals surface area contributed by atoms with Crippen molar-refractivity contribution in [3.63, 3.8) is 0 Å². The SMILES string of the molecule is CC1CN(C(c2ccccc2)c2ccccn2)CCC1N. The van der Waals surface area contributed by atoms with Gasteiger partial charge < -0.3 is 5.73 Å². The van der Waals surface area contributed by atoms with Crippen molar-refractivity contribution in [1.29, 1.82) is 0 Å². The lowest BCUT2D eigenvalue weighted by atomic mass is 9.91. The van der Waals surface area contributed by atoms with Crippen molar-refractivity contribution in [3.05, 3.63) is 66.0 Å². The molecule has 2 aromatic rings. The van der Waals surface area contributed by atoms with Crippen molar-refractivity contribution >= 4 is 0 Å². The van der Waals surface area contributed by atoms with E-state index in [0.29, 0.717) is 12.0 Å². The first kappa shape index (κ1) is 14.2. The molecule has 0 amide bonds. The van der Waals surface area contributed by atoms with E-state index in [2.05, 4.69) is 59.3 Å². The second-order valence-electron chi connectivity index (χ2n) is 5.99. The molecule has 3 nitrogen and oxygen atoms in total. The second kappa shape index (κ2) is 6.37. The fourth-order valence-corrected chi connectivity index (χ4v) is 3.17. The minimum Gasteiger partial charge on any atom is -0.327 e. The maximum absolute atomic E-state index is 6.18. The van der Waals surface area contributed by atoms with Crippen molar-refractivity contribution in [2.45, 2.75) is 25.4 Å². The van der Waals surface area contributed by atoms with E-state index in [-0.39, 0.29) is 6.04 Å². The summed E-state index contributed by atoms with van der Waals surface area (Å²) in [6.07, 6.45) is 2.93. The molecule has 1 aliphatic heterocycles. The number of rotatable bonds is 3. The smallest absolute Gasteiger partial charge is 0.0776 e. The second-order valence-corrected chi connectivity index (χ2v) is 5.99. The molecule has 0 saturated carbocycles. The fourth-order valence-electron chi connectivity index (χ4n) is 3.17. The number of nitrogens with zero attached hydrogens (tertiary/aromatic N) is 2. The Hall–Kier alpha value is -1.71. The molecule has 1 aromatic carbocycles. The Balaban J connectivity index is 1.94. The van der Waals surface area contributed by atoms with Crippen LogP contribution in [-0.2, 0) is 0 Å². The lowest BCUT2D eigenvalue weighted by molar-refractivity contribution is 0.131. The molecule has 0 spiro atoms. The molecule has 3 rings (SSSR count). The number of pyridine rings is 1. The quantitative estimate of drug-likeness (QED) is 0.940. The van der Waals surface area contributed by atoms with E-state index < -0.39 is 0 Å². The van der Waals surface area contributed by atoms with Crippen LogP contribution in [0.15, 0.2) is 54.7 Å². The van der Waals surface area contributed by atoms with Crippen LogP contribution in [0.2, 0.25) is 0 Å². The first-order valence-corrected chi connectivity index (χ1v) is 7.71. The molecule has 3 heteroatoms. The molecule has 3 atom stereocenters. The summed E-state index contributed by atoms with van der Waals surface area (Å²) in [4.78, 5) is 7.12. The highest BCUT2D eigenvalue weighted by Crippen LogP contribution is 2.30. The van der Waals surface area contributed by atoms with Gasteiger partial charge in [-0.25, -0.2) is 0 Å². The highest BCUT2D eigenvalue weighted by molar-refractivity contribution is 5.28. The predicted octanol–water partition coefficient (Wildman–Crippen LogP) is 2.84. The Bertz CT molecular complexity index is 516. The molecule has 0 radical (unpaired) electrons. The summed E-state index contributed by atoms with van der Waals surface area (Å²) >= 11 is 0. The van der Waals surface area contributed by atoms with E-state index in [4.69, 9.17) is 5.73 Å². The van der Waals surface area contributed by atoms with Crippen molar-refractivity contribution in [3.8, 4) is 0 Å². The average molecular weight is 281 g/mol. The number of hydrogen-bond donors (Lipinski definition) is 1. The number of hydrogen-bond acceptors (Lipinski definition) is 3. The number of nitrogens with two attached hydrogens (primary N) is 1. The number of likely N-dealkylation sites (tertiary alicyclic amines) is 1. The minimum absolute atomic E-state index is 0.224. The van der Waals surface area contributed by atoms with Gasteiger partial charge in [-0.05, 0) is 30.0 Å². The van der Waals surface area contributed by atoms with Crippen LogP contribution < -0.4 is 5.73 Å². The van der Waals surface area contributed by atoms with Crippen molar-refractivity contribution < 1.29 is 0 Å². The van der Waals surface area contributed by atoms with Crippen molar-refractivity contribution in [1.82, 2.24) is 9.88 Å². The van der Waals surface area contributed by atoms with Crippen LogP contribution in [-0.4, -0.2) is 29.0 Å². The highest BCUT2D eigenvalue weighted by atomic mass is 15.2.